The number of rotatable bonds is 4. The van der Waals surface area contributed by atoms with E-state index in [1.54, 1.807) is 12.1 Å². The van der Waals surface area contributed by atoms with Gasteiger partial charge in [-0.15, -0.1) is 0 Å². The van der Waals surface area contributed by atoms with E-state index in [-0.39, 0.29) is 11.3 Å². The Balaban J connectivity index is 2.33. The van der Waals surface area contributed by atoms with Gasteiger partial charge in [0.1, 0.15) is 22.9 Å². The number of nitriles is 1. The monoisotopic (exact) mass is 274 g/mol. The Labute approximate surface area is 116 Å². The fourth-order valence-electron chi connectivity index (χ4n) is 2.22. The van der Waals surface area contributed by atoms with Crippen molar-refractivity contribution in [1.82, 2.24) is 0 Å². The lowest BCUT2D eigenvalue weighted by Crippen LogP contribution is -2.48. The molecule has 0 aliphatic heterocycles. The van der Waals surface area contributed by atoms with Crippen LogP contribution >= 0.6 is 0 Å². The maximum atomic E-state index is 12.2. The summed E-state index contributed by atoms with van der Waals surface area (Å²) in [5, 5.41) is 20.8. The number of ether oxygens (including phenoxy) is 1. The zero-order valence-corrected chi connectivity index (χ0v) is 11.0. The first-order valence-electron chi connectivity index (χ1n) is 6.17. The third kappa shape index (κ3) is 2.07. The van der Waals surface area contributed by atoms with Gasteiger partial charge in [0.2, 0.25) is 5.91 Å². The third-order valence-corrected chi connectivity index (χ3v) is 3.66. The van der Waals surface area contributed by atoms with E-state index in [9.17, 15) is 14.7 Å². The van der Waals surface area contributed by atoms with E-state index in [1.165, 1.54) is 13.2 Å². The van der Waals surface area contributed by atoms with Gasteiger partial charge in [0.05, 0.1) is 12.7 Å². The van der Waals surface area contributed by atoms with Crippen molar-refractivity contribution in [3.8, 4) is 11.8 Å². The molecule has 2 rings (SSSR count). The van der Waals surface area contributed by atoms with E-state index in [0.29, 0.717) is 25.0 Å². The summed E-state index contributed by atoms with van der Waals surface area (Å²) in [5.41, 5.74) is -0.930. The summed E-state index contributed by atoms with van der Waals surface area (Å²) >= 11 is 0. The van der Waals surface area contributed by atoms with Gasteiger partial charge in [-0.1, -0.05) is 12.5 Å². The average molecular weight is 274 g/mol. The van der Waals surface area contributed by atoms with Crippen LogP contribution in [0.5, 0.6) is 5.75 Å². The molecule has 1 aromatic rings. The number of hydrogen-bond acceptors (Lipinski definition) is 4. The minimum atomic E-state index is -1.38. The van der Waals surface area contributed by atoms with Gasteiger partial charge in [0.25, 0.3) is 0 Å². The number of carbonyl (C=O) groups is 2. The largest absolute Gasteiger partial charge is 0.495 e. The standard InChI is InChI=1S/C14H14N2O4/c1-20-10-5-2-4-9(8-15)11(10)16-12(17)14(13(18)19)6-3-7-14/h2,4-5H,3,6-7H2,1H3,(H,16,17)(H,18,19). The Kier molecular flexibility index (Phi) is 3.61. The number of methoxy groups -OCH3 is 1. The molecular weight excluding hydrogens is 260 g/mol. The highest BCUT2D eigenvalue weighted by atomic mass is 16.5. The van der Waals surface area contributed by atoms with Crippen LogP contribution in [-0.2, 0) is 9.59 Å². The molecule has 0 saturated heterocycles. The molecule has 0 unspecified atom stereocenters. The highest BCUT2D eigenvalue weighted by Gasteiger charge is 2.51. The van der Waals surface area contributed by atoms with Crippen molar-refractivity contribution < 1.29 is 19.4 Å². The number of aliphatic carboxylic acids is 1. The van der Waals surface area contributed by atoms with Crippen LogP contribution in [0.3, 0.4) is 0 Å². The minimum Gasteiger partial charge on any atom is -0.495 e. The molecule has 2 N–H and O–H groups in total. The first kappa shape index (κ1) is 13.9. The molecule has 0 radical (unpaired) electrons. The van der Waals surface area contributed by atoms with Crippen LogP contribution < -0.4 is 10.1 Å². The van der Waals surface area contributed by atoms with Crippen molar-refractivity contribution >= 4 is 17.6 Å². The van der Waals surface area contributed by atoms with E-state index < -0.39 is 17.3 Å². The fourth-order valence-corrected chi connectivity index (χ4v) is 2.22. The molecule has 6 heteroatoms. The summed E-state index contributed by atoms with van der Waals surface area (Å²) in [4.78, 5) is 23.5. The molecule has 1 aromatic carbocycles. The van der Waals surface area contributed by atoms with Crippen LogP contribution in [0.15, 0.2) is 18.2 Å². The molecule has 1 amide bonds. The predicted octanol–water partition coefficient (Wildman–Crippen LogP) is 1.76. The molecule has 0 spiro atoms. The number of nitrogens with one attached hydrogen (secondary N) is 1. The molecule has 1 aliphatic rings. The second kappa shape index (κ2) is 5.21. The Morgan fingerprint density at radius 1 is 1.45 bits per heavy atom. The molecule has 0 heterocycles. The number of amides is 1. The number of hydrogen-bond donors (Lipinski definition) is 2. The molecule has 1 aliphatic carbocycles. The number of carboxylic acid groups (broad SMARTS) is 1. The molecule has 20 heavy (non-hydrogen) atoms. The predicted molar refractivity (Wildman–Crippen MR) is 70.3 cm³/mol. The van der Waals surface area contributed by atoms with E-state index in [0.717, 1.165) is 0 Å². The van der Waals surface area contributed by atoms with Crippen molar-refractivity contribution in [2.45, 2.75) is 19.3 Å². The number of carboxylic acids is 1. The maximum Gasteiger partial charge on any atom is 0.319 e. The second-order valence-corrected chi connectivity index (χ2v) is 4.69. The maximum absolute atomic E-state index is 12.2. The number of anilines is 1. The molecule has 0 bridgehead atoms. The molecule has 1 saturated carbocycles. The normalized spacial score (nSPS) is 15.6. The Morgan fingerprint density at radius 3 is 2.60 bits per heavy atom. The van der Waals surface area contributed by atoms with Crippen molar-refractivity contribution in [1.29, 1.82) is 5.26 Å². The molecule has 6 nitrogen and oxygen atoms in total. The SMILES string of the molecule is COc1cccc(C#N)c1NC(=O)C1(C(=O)O)CCC1. The van der Waals surface area contributed by atoms with Crippen LogP contribution in [0.25, 0.3) is 0 Å². The summed E-state index contributed by atoms with van der Waals surface area (Å²) in [6.45, 7) is 0. The minimum absolute atomic E-state index is 0.218. The zero-order valence-electron chi connectivity index (χ0n) is 11.0. The molecule has 104 valence electrons. The molecular formula is C14H14N2O4. The number of benzene rings is 1. The quantitative estimate of drug-likeness (QED) is 0.815. The van der Waals surface area contributed by atoms with Crippen molar-refractivity contribution in [2.24, 2.45) is 5.41 Å². The number of carbonyl (C=O) groups excluding carboxylic acids is 1. The van der Waals surface area contributed by atoms with Gasteiger partial charge in [0.15, 0.2) is 0 Å². The van der Waals surface area contributed by atoms with E-state index in [4.69, 9.17) is 10.00 Å². The Bertz CT molecular complexity index is 600. The summed E-state index contributed by atoms with van der Waals surface area (Å²) in [6, 6.07) is 6.71. The molecule has 1 fully saturated rings. The lowest BCUT2D eigenvalue weighted by Gasteiger charge is -2.35. The van der Waals surface area contributed by atoms with Gasteiger partial charge in [-0.25, -0.2) is 0 Å². The van der Waals surface area contributed by atoms with Crippen LogP contribution in [0.1, 0.15) is 24.8 Å². The van der Waals surface area contributed by atoms with Gasteiger partial charge in [0, 0.05) is 0 Å². The highest BCUT2D eigenvalue weighted by Crippen LogP contribution is 2.43. The third-order valence-electron chi connectivity index (χ3n) is 3.66. The lowest BCUT2D eigenvalue weighted by molar-refractivity contribution is -0.159. The van der Waals surface area contributed by atoms with Crippen LogP contribution in [0.2, 0.25) is 0 Å². The molecule has 0 atom stereocenters. The summed E-state index contributed by atoms with van der Waals surface area (Å²) < 4.78 is 5.10. The van der Waals surface area contributed by atoms with E-state index in [2.05, 4.69) is 5.32 Å². The second-order valence-electron chi connectivity index (χ2n) is 4.69. The summed E-state index contributed by atoms with van der Waals surface area (Å²) in [7, 11) is 1.42. The summed E-state index contributed by atoms with van der Waals surface area (Å²) in [6.07, 6.45) is 1.33. The molecule has 0 aromatic heterocycles. The highest BCUT2D eigenvalue weighted by molar-refractivity contribution is 6.10. The Morgan fingerprint density at radius 2 is 2.15 bits per heavy atom. The lowest BCUT2D eigenvalue weighted by atomic mass is 9.68. The smallest absolute Gasteiger partial charge is 0.319 e. The van der Waals surface area contributed by atoms with Gasteiger partial charge in [-0.2, -0.15) is 5.26 Å². The van der Waals surface area contributed by atoms with Gasteiger partial charge >= 0.3 is 5.97 Å². The zero-order chi connectivity index (χ0) is 14.8. The van der Waals surface area contributed by atoms with Gasteiger partial charge in [-0.05, 0) is 25.0 Å². The van der Waals surface area contributed by atoms with Gasteiger partial charge < -0.3 is 15.2 Å². The number of nitrogens with zero attached hydrogens (tertiary/aromatic N) is 1. The summed E-state index contributed by atoms with van der Waals surface area (Å²) in [5.74, 6) is -1.40. The average Bonchev–Trinajstić information content (AvgIpc) is 2.37. The first-order chi connectivity index (χ1) is 9.55. The van der Waals surface area contributed by atoms with Crippen molar-refractivity contribution in [3.05, 3.63) is 23.8 Å². The van der Waals surface area contributed by atoms with Crippen LogP contribution in [0.4, 0.5) is 5.69 Å². The van der Waals surface area contributed by atoms with Crippen LogP contribution in [0, 0.1) is 16.7 Å². The number of para-hydroxylation sites is 1. The van der Waals surface area contributed by atoms with Crippen molar-refractivity contribution in [3.63, 3.8) is 0 Å². The fraction of sp³-hybridized carbons (Fsp3) is 0.357. The van der Waals surface area contributed by atoms with Crippen LogP contribution in [-0.4, -0.2) is 24.1 Å². The first-order valence-corrected chi connectivity index (χ1v) is 6.17. The topological polar surface area (TPSA) is 99.4 Å². The van der Waals surface area contributed by atoms with Gasteiger partial charge in [-0.3, -0.25) is 9.59 Å². The van der Waals surface area contributed by atoms with E-state index in [1.807, 2.05) is 6.07 Å². The van der Waals surface area contributed by atoms with E-state index >= 15 is 0 Å². The van der Waals surface area contributed by atoms with Crippen molar-refractivity contribution in [2.75, 3.05) is 12.4 Å². The Hall–Kier alpha value is -2.55.